The molecule has 1 N–H and O–H groups in total. The summed E-state index contributed by atoms with van der Waals surface area (Å²) in [4.78, 5) is 44.4. The summed E-state index contributed by atoms with van der Waals surface area (Å²) in [5, 5.41) is 9.14. The summed E-state index contributed by atoms with van der Waals surface area (Å²) in [5.41, 5.74) is -1.79. The van der Waals surface area contributed by atoms with Crippen LogP contribution in [0.1, 0.15) is 66.2 Å². The molecule has 3 heterocycles. The minimum Gasteiger partial charge on any atom is -0.466 e. The highest BCUT2D eigenvalue weighted by Crippen LogP contribution is 2.64. The number of aliphatic hydroxyl groups excluding tert-OH is 1. The second-order valence-corrected chi connectivity index (χ2v) is 9.77. The quantitative estimate of drug-likeness (QED) is 0.270. The molecule has 186 valence electrons. The predicted octanol–water partition coefficient (Wildman–Crippen LogP) is 2.29. The van der Waals surface area contributed by atoms with Crippen LogP contribution in [0.2, 0.25) is 0 Å². The van der Waals surface area contributed by atoms with Gasteiger partial charge in [-0.05, 0) is 59.3 Å². The van der Waals surface area contributed by atoms with Crippen molar-refractivity contribution >= 4 is 17.8 Å². The molecule has 1 spiro atoms. The van der Waals surface area contributed by atoms with Crippen LogP contribution in [0, 0.1) is 11.8 Å². The van der Waals surface area contributed by atoms with Gasteiger partial charge in [0, 0.05) is 25.7 Å². The van der Waals surface area contributed by atoms with Crippen LogP contribution >= 0.6 is 0 Å². The first-order valence-corrected chi connectivity index (χ1v) is 12.4. The highest BCUT2D eigenvalue weighted by atomic mass is 16.6. The predicted molar refractivity (Wildman–Crippen MR) is 123 cm³/mol. The molecular weight excluding hydrogens is 424 g/mol. The van der Waals surface area contributed by atoms with Gasteiger partial charge in [0.25, 0.3) is 0 Å². The molecule has 3 aliphatic heterocycles. The Morgan fingerprint density at radius 3 is 2.61 bits per heavy atom. The van der Waals surface area contributed by atoms with E-state index in [2.05, 4.69) is 6.58 Å². The third kappa shape index (κ3) is 4.09. The van der Waals surface area contributed by atoms with Gasteiger partial charge in [-0.2, -0.15) is 0 Å². The molecule has 3 fully saturated rings. The minimum atomic E-state index is -1.02. The van der Waals surface area contributed by atoms with Crippen LogP contribution in [-0.4, -0.2) is 82.3 Å². The monoisotopic (exact) mass is 464 g/mol. The van der Waals surface area contributed by atoms with Gasteiger partial charge < -0.3 is 24.4 Å². The first kappa shape index (κ1) is 25.7. The second kappa shape index (κ2) is 10.1. The van der Waals surface area contributed by atoms with Crippen molar-refractivity contribution in [2.45, 2.75) is 89.5 Å². The Hall–Kier alpha value is -1.93. The topological polar surface area (TPSA) is 96.4 Å². The number of unbranched alkanes of at least 4 members (excludes halogenated alkanes) is 2. The van der Waals surface area contributed by atoms with E-state index in [1.54, 1.807) is 22.8 Å². The van der Waals surface area contributed by atoms with E-state index in [1.165, 1.54) is 0 Å². The van der Waals surface area contributed by atoms with Gasteiger partial charge in [-0.3, -0.25) is 14.4 Å². The molecule has 3 saturated heterocycles. The second-order valence-electron chi connectivity index (χ2n) is 9.77. The third-order valence-corrected chi connectivity index (χ3v) is 7.74. The van der Waals surface area contributed by atoms with E-state index in [9.17, 15) is 14.4 Å². The lowest BCUT2D eigenvalue weighted by Gasteiger charge is -2.38. The van der Waals surface area contributed by atoms with E-state index in [0.29, 0.717) is 45.2 Å². The molecule has 8 nitrogen and oxygen atoms in total. The van der Waals surface area contributed by atoms with E-state index in [1.807, 2.05) is 20.8 Å². The zero-order valence-electron chi connectivity index (χ0n) is 20.5. The summed E-state index contributed by atoms with van der Waals surface area (Å²) in [6.07, 6.45) is 5.53. The van der Waals surface area contributed by atoms with Crippen molar-refractivity contribution in [1.82, 2.24) is 9.80 Å². The van der Waals surface area contributed by atoms with Crippen molar-refractivity contribution in [3.63, 3.8) is 0 Å². The number of rotatable bonds is 12. The molecular formula is C25H40N2O6. The van der Waals surface area contributed by atoms with Crippen LogP contribution in [0.25, 0.3) is 0 Å². The number of fused-ring (bicyclic) bond motifs is 1. The fourth-order valence-electron chi connectivity index (χ4n) is 6.25. The molecule has 2 unspecified atom stereocenters. The first-order valence-electron chi connectivity index (χ1n) is 12.4. The number of ether oxygens (including phenoxy) is 2. The molecule has 0 aromatic carbocycles. The summed E-state index contributed by atoms with van der Waals surface area (Å²) >= 11 is 0. The molecule has 0 aliphatic carbocycles. The normalized spacial score (nSPS) is 32.4. The van der Waals surface area contributed by atoms with Crippen molar-refractivity contribution in [3.05, 3.63) is 12.7 Å². The van der Waals surface area contributed by atoms with Gasteiger partial charge in [-0.25, -0.2) is 0 Å². The molecule has 2 amide bonds. The van der Waals surface area contributed by atoms with Crippen LogP contribution < -0.4 is 0 Å². The minimum absolute atomic E-state index is 0.0723. The Bertz CT molecular complexity index is 770. The summed E-state index contributed by atoms with van der Waals surface area (Å²) in [5.74, 6) is -2.16. The number of aliphatic hydroxyl groups is 1. The van der Waals surface area contributed by atoms with E-state index in [4.69, 9.17) is 14.6 Å². The number of amides is 2. The van der Waals surface area contributed by atoms with Gasteiger partial charge in [0.15, 0.2) is 0 Å². The zero-order valence-corrected chi connectivity index (χ0v) is 20.5. The van der Waals surface area contributed by atoms with Gasteiger partial charge in [0.2, 0.25) is 11.8 Å². The third-order valence-electron chi connectivity index (χ3n) is 7.74. The summed E-state index contributed by atoms with van der Waals surface area (Å²) in [6, 6.07) is -0.851. The molecule has 5 atom stereocenters. The molecule has 3 rings (SSSR count). The van der Waals surface area contributed by atoms with Gasteiger partial charge in [-0.1, -0.05) is 13.0 Å². The molecule has 0 radical (unpaired) electrons. The summed E-state index contributed by atoms with van der Waals surface area (Å²) in [7, 11) is 0. The van der Waals surface area contributed by atoms with Crippen LogP contribution in [0.15, 0.2) is 12.7 Å². The van der Waals surface area contributed by atoms with E-state index in [0.717, 1.165) is 6.42 Å². The van der Waals surface area contributed by atoms with Crippen molar-refractivity contribution in [2.24, 2.45) is 11.8 Å². The SMILES string of the molecule is C=CCN(C(=O)C1N(CCCCCO)C(=O)[C@@H]2[C@H](C(=O)OCC)[C@]3(CC)CCC12O3)C(C)C. The lowest BCUT2D eigenvalue weighted by Crippen LogP contribution is -2.57. The largest absolute Gasteiger partial charge is 0.466 e. The number of hydrogen-bond donors (Lipinski definition) is 1. The average molecular weight is 465 g/mol. The van der Waals surface area contributed by atoms with Crippen molar-refractivity contribution in [2.75, 3.05) is 26.3 Å². The fraction of sp³-hybridized carbons (Fsp3) is 0.800. The first-order chi connectivity index (χ1) is 15.7. The maximum Gasteiger partial charge on any atom is 0.312 e. The van der Waals surface area contributed by atoms with Gasteiger partial charge in [0.1, 0.15) is 17.6 Å². The fourth-order valence-corrected chi connectivity index (χ4v) is 6.25. The van der Waals surface area contributed by atoms with Crippen molar-refractivity contribution < 1.29 is 29.0 Å². The number of esters is 1. The summed E-state index contributed by atoms with van der Waals surface area (Å²) in [6.45, 7) is 12.5. The highest BCUT2D eigenvalue weighted by molar-refractivity contribution is 5.98. The number of likely N-dealkylation sites (tertiary alicyclic amines) is 1. The van der Waals surface area contributed by atoms with E-state index >= 15 is 0 Å². The molecule has 3 aliphatic rings. The van der Waals surface area contributed by atoms with Crippen molar-refractivity contribution in [1.29, 1.82) is 0 Å². The van der Waals surface area contributed by atoms with Crippen LogP contribution in [0.4, 0.5) is 0 Å². The Kier molecular flexibility index (Phi) is 7.89. The van der Waals surface area contributed by atoms with Crippen LogP contribution in [0.5, 0.6) is 0 Å². The Labute approximate surface area is 197 Å². The lowest BCUT2D eigenvalue weighted by atomic mass is 9.65. The highest BCUT2D eigenvalue weighted by Gasteiger charge is 2.79. The maximum absolute atomic E-state index is 14.0. The molecule has 33 heavy (non-hydrogen) atoms. The lowest BCUT2D eigenvalue weighted by molar-refractivity contribution is -0.161. The number of carbonyl (C=O) groups is 3. The van der Waals surface area contributed by atoms with Gasteiger partial charge in [0.05, 0.1) is 18.1 Å². The molecule has 0 aromatic rings. The number of nitrogens with zero attached hydrogens (tertiary/aromatic N) is 2. The Morgan fingerprint density at radius 1 is 1.30 bits per heavy atom. The molecule has 0 aromatic heterocycles. The summed E-state index contributed by atoms with van der Waals surface area (Å²) < 4.78 is 12.1. The van der Waals surface area contributed by atoms with Crippen molar-refractivity contribution in [3.8, 4) is 0 Å². The molecule has 2 bridgehead atoms. The maximum atomic E-state index is 14.0. The number of hydrogen-bond acceptors (Lipinski definition) is 6. The Morgan fingerprint density at radius 2 is 2.03 bits per heavy atom. The van der Waals surface area contributed by atoms with Crippen LogP contribution in [-0.2, 0) is 23.9 Å². The van der Waals surface area contributed by atoms with E-state index < -0.39 is 35.0 Å². The Balaban J connectivity index is 2.04. The average Bonchev–Trinajstić information content (AvgIpc) is 3.38. The standard InChI is InChI=1S/C25H40N2O6/c1-6-14-26(17(4)5)22(30)20-25-13-12-24(7-2,33-25)19(23(31)32-8-3)18(25)21(29)27(20)15-10-9-11-16-28/h6,17-20,28H,1,7-16H2,2-5H3/t18-,19+,20?,24-,25?/m0/s1. The zero-order chi connectivity index (χ0) is 24.4. The number of carbonyl (C=O) groups excluding carboxylic acids is 3. The molecule has 0 saturated carbocycles. The van der Waals surface area contributed by atoms with Crippen LogP contribution in [0.3, 0.4) is 0 Å². The van der Waals surface area contributed by atoms with Gasteiger partial charge in [-0.15, -0.1) is 6.58 Å². The molecule has 8 heteroatoms. The van der Waals surface area contributed by atoms with E-state index in [-0.39, 0.29) is 31.1 Å². The smallest absolute Gasteiger partial charge is 0.312 e. The van der Waals surface area contributed by atoms with Gasteiger partial charge >= 0.3 is 5.97 Å².